The van der Waals surface area contributed by atoms with Crippen LogP contribution >= 0.6 is 0 Å². The van der Waals surface area contributed by atoms with Crippen LogP contribution in [0.5, 0.6) is 0 Å². The first-order valence-electron chi connectivity index (χ1n) is 6.42. The molecule has 2 unspecified atom stereocenters. The van der Waals surface area contributed by atoms with Gasteiger partial charge in [0.15, 0.2) is 0 Å². The van der Waals surface area contributed by atoms with Crippen LogP contribution in [0, 0.1) is 0 Å². The van der Waals surface area contributed by atoms with E-state index < -0.39 is 69.1 Å². The number of ether oxygens (including phenoxy) is 2. The van der Waals surface area contributed by atoms with Gasteiger partial charge >= 0.3 is 24.2 Å². The average Bonchev–Trinajstić information content (AvgIpc) is 2.43. The van der Waals surface area contributed by atoms with Crippen molar-refractivity contribution in [2.24, 2.45) is 0 Å². The van der Waals surface area contributed by atoms with Crippen LogP contribution in [0.4, 0.5) is 52.7 Å². The molecule has 15 heteroatoms. The maximum absolute atomic E-state index is 12.8. The van der Waals surface area contributed by atoms with Gasteiger partial charge in [0.1, 0.15) is 19.3 Å². The van der Waals surface area contributed by atoms with E-state index in [0.717, 1.165) is 0 Å². The summed E-state index contributed by atoms with van der Waals surface area (Å²) in [7, 11) is 0. The van der Waals surface area contributed by atoms with Crippen molar-refractivity contribution in [2.75, 3.05) is 26.4 Å². The Kier molecular flexibility index (Phi) is 8.49. The molecule has 0 amide bonds. The molecule has 2 atom stereocenters. The molecule has 0 aromatic rings. The van der Waals surface area contributed by atoms with Gasteiger partial charge in [0.25, 0.3) is 12.3 Å². The molecule has 0 aliphatic carbocycles. The molecule has 0 heterocycles. The summed E-state index contributed by atoms with van der Waals surface area (Å²) in [5, 5.41) is 9.07. The predicted octanol–water partition coefficient (Wildman–Crippen LogP) is 3.45. The molecule has 0 aliphatic heterocycles. The van der Waals surface area contributed by atoms with Gasteiger partial charge in [0.2, 0.25) is 0 Å². The van der Waals surface area contributed by atoms with E-state index in [2.05, 4.69) is 9.47 Å². The molecule has 0 aromatic carbocycles. The minimum absolute atomic E-state index is 1.25. The summed E-state index contributed by atoms with van der Waals surface area (Å²) in [6, 6.07) is 0. The predicted molar refractivity (Wildman–Crippen MR) is 59.4 cm³/mol. The summed E-state index contributed by atoms with van der Waals surface area (Å²) in [6.45, 7) is -6.77. The number of alkyl halides is 12. The zero-order chi connectivity index (χ0) is 21.0. The van der Waals surface area contributed by atoms with Gasteiger partial charge in [0, 0.05) is 0 Å². The van der Waals surface area contributed by atoms with E-state index in [4.69, 9.17) is 5.11 Å². The van der Waals surface area contributed by atoms with Crippen molar-refractivity contribution in [3.05, 3.63) is 0 Å². The molecule has 158 valence electrons. The lowest BCUT2D eigenvalue weighted by Gasteiger charge is -2.24. The molecule has 0 radical (unpaired) electrons. The van der Waals surface area contributed by atoms with Crippen molar-refractivity contribution in [3.63, 3.8) is 0 Å². The van der Waals surface area contributed by atoms with Crippen LogP contribution < -0.4 is 0 Å². The molecular weight excluding hydrogens is 408 g/mol. The van der Waals surface area contributed by atoms with Crippen LogP contribution in [0.3, 0.4) is 0 Å². The third kappa shape index (κ3) is 8.16. The van der Waals surface area contributed by atoms with Crippen molar-refractivity contribution in [2.45, 2.75) is 42.6 Å². The summed E-state index contributed by atoms with van der Waals surface area (Å²) in [5.74, 6) is -10.0. The number of aliphatic hydroxyl groups excluding tert-OH is 1. The maximum Gasteiger partial charge on any atom is 0.425 e. The van der Waals surface area contributed by atoms with Gasteiger partial charge in [-0.1, -0.05) is 0 Å². The van der Waals surface area contributed by atoms with Crippen LogP contribution in [-0.2, 0) is 9.47 Å². The van der Waals surface area contributed by atoms with Gasteiger partial charge in [-0.15, -0.1) is 0 Å². The number of hydrogen-bond acceptors (Lipinski definition) is 3. The lowest BCUT2D eigenvalue weighted by atomic mass is 10.2. The quantitative estimate of drug-likeness (QED) is 0.551. The summed E-state index contributed by atoms with van der Waals surface area (Å²) in [5.41, 5.74) is 0. The Balaban J connectivity index is 4.28. The molecule has 0 spiro atoms. The Morgan fingerprint density at radius 2 is 0.885 bits per heavy atom. The van der Waals surface area contributed by atoms with Crippen LogP contribution in [0.25, 0.3) is 0 Å². The maximum atomic E-state index is 12.8. The zero-order valence-electron chi connectivity index (χ0n) is 12.4. The van der Waals surface area contributed by atoms with Gasteiger partial charge in [0.05, 0.1) is 13.2 Å². The van der Waals surface area contributed by atoms with Gasteiger partial charge in [-0.2, -0.15) is 26.3 Å². The third-order valence-electron chi connectivity index (χ3n) is 2.53. The summed E-state index contributed by atoms with van der Waals surface area (Å²) >= 11 is 0. The number of halogens is 12. The standard InChI is InChI=1S/C11H12F12O3/c12-6(10(18,19)20)8(14,15)3-25-1-5(24)2-26-4-9(16,17)7(13)11(21,22)23/h5-7,24H,1-4H2. The molecule has 3 nitrogen and oxygen atoms in total. The van der Waals surface area contributed by atoms with Crippen molar-refractivity contribution in [1.29, 1.82) is 0 Å². The molecule has 0 aromatic heterocycles. The van der Waals surface area contributed by atoms with E-state index in [1.54, 1.807) is 0 Å². The van der Waals surface area contributed by atoms with Crippen LogP contribution in [0.2, 0.25) is 0 Å². The highest BCUT2D eigenvalue weighted by atomic mass is 19.4. The Morgan fingerprint density at radius 1 is 0.615 bits per heavy atom. The lowest BCUT2D eigenvalue weighted by molar-refractivity contribution is -0.258. The van der Waals surface area contributed by atoms with Crippen molar-refractivity contribution < 1.29 is 67.3 Å². The zero-order valence-corrected chi connectivity index (χ0v) is 12.4. The summed E-state index contributed by atoms with van der Waals surface area (Å²) in [4.78, 5) is 0. The molecule has 0 rings (SSSR count). The van der Waals surface area contributed by atoms with Crippen molar-refractivity contribution >= 4 is 0 Å². The molecule has 0 saturated carbocycles. The summed E-state index contributed by atoms with van der Waals surface area (Å²) in [6.07, 6.45) is -22.9. The lowest BCUT2D eigenvalue weighted by Crippen LogP contribution is -2.46. The number of aliphatic hydroxyl groups is 1. The molecular formula is C11H12F12O3. The van der Waals surface area contributed by atoms with E-state index in [1.165, 1.54) is 0 Å². The smallest absolute Gasteiger partial charge is 0.388 e. The normalized spacial score (nSPS) is 17.9. The average molecular weight is 420 g/mol. The van der Waals surface area contributed by atoms with Crippen molar-refractivity contribution in [1.82, 2.24) is 0 Å². The molecule has 0 bridgehead atoms. The van der Waals surface area contributed by atoms with Gasteiger partial charge in [-0.25, -0.2) is 26.3 Å². The highest BCUT2D eigenvalue weighted by Crippen LogP contribution is 2.36. The highest BCUT2D eigenvalue weighted by molar-refractivity contribution is 4.83. The molecule has 26 heavy (non-hydrogen) atoms. The van der Waals surface area contributed by atoms with Gasteiger partial charge in [-0.05, 0) is 0 Å². The van der Waals surface area contributed by atoms with Crippen LogP contribution in [-0.4, -0.2) is 74.2 Å². The van der Waals surface area contributed by atoms with E-state index in [0.29, 0.717) is 0 Å². The Hall–Kier alpha value is -0.960. The van der Waals surface area contributed by atoms with Crippen LogP contribution in [0.1, 0.15) is 0 Å². The number of rotatable bonds is 10. The third-order valence-corrected chi connectivity index (χ3v) is 2.53. The molecule has 0 saturated heterocycles. The van der Waals surface area contributed by atoms with Crippen molar-refractivity contribution in [3.8, 4) is 0 Å². The van der Waals surface area contributed by atoms with E-state index in [-0.39, 0.29) is 0 Å². The monoisotopic (exact) mass is 420 g/mol. The highest BCUT2D eigenvalue weighted by Gasteiger charge is 2.57. The molecule has 0 fully saturated rings. The topological polar surface area (TPSA) is 38.7 Å². The minimum Gasteiger partial charge on any atom is -0.388 e. The fraction of sp³-hybridized carbons (Fsp3) is 1.00. The Labute approximate surface area is 137 Å². The Morgan fingerprint density at radius 3 is 1.12 bits per heavy atom. The number of hydrogen-bond donors (Lipinski definition) is 1. The second-order valence-electron chi connectivity index (χ2n) is 5.01. The molecule has 0 aliphatic rings. The fourth-order valence-corrected chi connectivity index (χ4v) is 1.34. The SMILES string of the molecule is OC(COCC(F)(F)C(F)C(F)(F)F)COCC(F)(F)C(F)C(F)(F)F. The molecule has 1 N–H and O–H groups in total. The van der Waals surface area contributed by atoms with E-state index in [1.807, 2.05) is 0 Å². The summed E-state index contributed by atoms with van der Waals surface area (Å²) < 4.78 is 155. The fourth-order valence-electron chi connectivity index (χ4n) is 1.34. The first-order valence-corrected chi connectivity index (χ1v) is 6.42. The second-order valence-corrected chi connectivity index (χ2v) is 5.01. The minimum atomic E-state index is -5.89. The first kappa shape index (κ1) is 25.0. The second kappa shape index (κ2) is 8.82. The van der Waals surface area contributed by atoms with E-state index in [9.17, 15) is 52.7 Å². The van der Waals surface area contributed by atoms with E-state index >= 15 is 0 Å². The van der Waals surface area contributed by atoms with Crippen LogP contribution in [0.15, 0.2) is 0 Å². The van der Waals surface area contributed by atoms with Gasteiger partial charge < -0.3 is 14.6 Å². The van der Waals surface area contributed by atoms with Gasteiger partial charge in [-0.3, -0.25) is 0 Å². The first-order chi connectivity index (χ1) is 11.4. The Bertz CT molecular complexity index is 384. The largest absolute Gasteiger partial charge is 0.425 e.